The first-order valence-corrected chi connectivity index (χ1v) is 4.41. The Morgan fingerprint density at radius 1 is 1.59 bits per heavy atom. The molecule has 0 bridgehead atoms. The van der Waals surface area contributed by atoms with Gasteiger partial charge in [0, 0.05) is 6.20 Å². The van der Waals surface area contributed by atoms with Gasteiger partial charge in [0.1, 0.15) is 11.8 Å². The summed E-state index contributed by atoms with van der Waals surface area (Å²) in [5.41, 5.74) is -1.55. The van der Waals surface area contributed by atoms with E-state index >= 15 is 0 Å². The van der Waals surface area contributed by atoms with Crippen LogP contribution in [0.1, 0.15) is 16.8 Å². The highest BCUT2D eigenvalue weighted by Gasteiger charge is 2.34. The van der Waals surface area contributed by atoms with Crippen molar-refractivity contribution in [2.45, 2.75) is 12.6 Å². The van der Waals surface area contributed by atoms with Gasteiger partial charge >= 0.3 is 12.1 Å². The van der Waals surface area contributed by atoms with Crippen LogP contribution in [0.3, 0.4) is 0 Å². The number of carbonyl (C=O) groups excluding carboxylic acids is 1. The average Bonchev–Trinajstić information content (AvgIpc) is 2.27. The molecular weight excluding hydrogens is 237 g/mol. The second-order valence-electron chi connectivity index (χ2n) is 3.09. The minimum absolute atomic E-state index is 0.183. The number of nitrogens with zero attached hydrogens (tertiary/aromatic N) is 2. The molecule has 0 fully saturated rings. The van der Waals surface area contributed by atoms with Crippen LogP contribution in [0, 0.1) is 11.3 Å². The number of ether oxygens (including phenoxy) is 1. The smallest absolute Gasteiger partial charge is 0.418 e. The Hall–Kier alpha value is -2.10. The van der Waals surface area contributed by atoms with Crippen LogP contribution in [-0.2, 0) is 22.1 Å². The second kappa shape index (κ2) is 4.82. The fraction of sp³-hybridized carbons (Fsp3) is 0.300. The molecule has 0 N–H and O–H groups in total. The van der Waals surface area contributed by atoms with Gasteiger partial charge in [0.2, 0.25) is 0 Å². The topological polar surface area (TPSA) is 63.0 Å². The summed E-state index contributed by atoms with van der Waals surface area (Å²) >= 11 is 0. The summed E-state index contributed by atoms with van der Waals surface area (Å²) in [6.45, 7) is 0. The SMILES string of the molecule is COC(=O)Cc1cc(C#N)ncc1C(F)(F)F. The summed E-state index contributed by atoms with van der Waals surface area (Å²) in [6.07, 6.45) is -4.64. The van der Waals surface area contributed by atoms with Crippen LogP contribution in [0.25, 0.3) is 0 Å². The van der Waals surface area contributed by atoms with Crippen LogP contribution in [0.15, 0.2) is 12.3 Å². The minimum Gasteiger partial charge on any atom is -0.469 e. The molecule has 7 heteroatoms. The predicted molar refractivity (Wildman–Crippen MR) is 49.7 cm³/mol. The maximum absolute atomic E-state index is 12.6. The van der Waals surface area contributed by atoms with Gasteiger partial charge < -0.3 is 4.74 Å². The van der Waals surface area contributed by atoms with Crippen LogP contribution < -0.4 is 0 Å². The Kier molecular flexibility index (Phi) is 3.68. The minimum atomic E-state index is -4.62. The molecule has 0 atom stereocenters. The maximum atomic E-state index is 12.6. The molecule has 0 aliphatic heterocycles. The van der Waals surface area contributed by atoms with Gasteiger partial charge in [-0.05, 0) is 11.6 Å². The van der Waals surface area contributed by atoms with Gasteiger partial charge in [-0.1, -0.05) is 0 Å². The van der Waals surface area contributed by atoms with Gasteiger partial charge in [0.25, 0.3) is 0 Å². The molecule has 0 spiro atoms. The number of methoxy groups -OCH3 is 1. The Morgan fingerprint density at radius 2 is 2.24 bits per heavy atom. The monoisotopic (exact) mass is 244 g/mol. The standard InChI is InChI=1S/C10H7F3N2O2/c1-17-9(16)3-6-2-7(4-14)15-5-8(6)10(11,12)13/h2,5H,3H2,1H3. The van der Waals surface area contributed by atoms with Crippen LogP contribution in [0.4, 0.5) is 13.2 Å². The van der Waals surface area contributed by atoms with Gasteiger partial charge in [-0.2, -0.15) is 18.4 Å². The molecule has 4 nitrogen and oxygen atoms in total. The van der Waals surface area contributed by atoms with Gasteiger partial charge in [0.15, 0.2) is 0 Å². The highest BCUT2D eigenvalue weighted by Crippen LogP contribution is 2.32. The first kappa shape index (κ1) is 13.0. The number of rotatable bonds is 2. The fourth-order valence-corrected chi connectivity index (χ4v) is 1.19. The molecule has 0 saturated carbocycles. The van der Waals surface area contributed by atoms with E-state index in [1.54, 1.807) is 6.07 Å². The molecule has 1 rings (SSSR count). The molecule has 1 heterocycles. The lowest BCUT2D eigenvalue weighted by molar-refractivity contribution is -0.141. The Balaban J connectivity index is 3.22. The Morgan fingerprint density at radius 3 is 2.71 bits per heavy atom. The van der Waals surface area contributed by atoms with E-state index < -0.39 is 24.1 Å². The second-order valence-corrected chi connectivity index (χ2v) is 3.09. The van der Waals surface area contributed by atoms with E-state index in [-0.39, 0.29) is 11.3 Å². The summed E-state index contributed by atoms with van der Waals surface area (Å²) < 4.78 is 42.0. The van der Waals surface area contributed by atoms with E-state index in [2.05, 4.69) is 9.72 Å². The van der Waals surface area contributed by atoms with Crippen molar-refractivity contribution in [3.05, 3.63) is 29.1 Å². The molecule has 17 heavy (non-hydrogen) atoms. The molecule has 0 aliphatic carbocycles. The van der Waals surface area contributed by atoms with Crippen molar-refractivity contribution in [2.75, 3.05) is 7.11 Å². The molecule has 1 aromatic heterocycles. The predicted octanol–water partition coefficient (Wildman–Crippen LogP) is 1.69. The third-order valence-electron chi connectivity index (χ3n) is 1.97. The van der Waals surface area contributed by atoms with Crippen LogP contribution in [0.5, 0.6) is 0 Å². The zero-order chi connectivity index (χ0) is 13.1. The van der Waals surface area contributed by atoms with E-state index in [0.29, 0.717) is 6.20 Å². The lowest BCUT2D eigenvalue weighted by atomic mass is 10.1. The Labute approximate surface area is 94.6 Å². The van der Waals surface area contributed by atoms with Crippen molar-refractivity contribution in [2.24, 2.45) is 0 Å². The van der Waals surface area contributed by atoms with E-state index in [4.69, 9.17) is 5.26 Å². The van der Waals surface area contributed by atoms with Gasteiger partial charge in [-0.15, -0.1) is 0 Å². The number of pyridine rings is 1. The van der Waals surface area contributed by atoms with Crippen molar-refractivity contribution < 1.29 is 22.7 Å². The number of alkyl halides is 3. The van der Waals surface area contributed by atoms with Crippen molar-refractivity contribution in [3.63, 3.8) is 0 Å². The number of nitriles is 1. The summed E-state index contributed by atoms with van der Waals surface area (Å²) in [4.78, 5) is 14.3. The van der Waals surface area contributed by atoms with Crippen molar-refractivity contribution in [3.8, 4) is 6.07 Å². The van der Waals surface area contributed by atoms with E-state index in [1.807, 2.05) is 0 Å². The van der Waals surface area contributed by atoms with E-state index in [9.17, 15) is 18.0 Å². The number of hydrogen-bond donors (Lipinski definition) is 0. The molecule has 0 radical (unpaired) electrons. The number of aromatic nitrogens is 1. The lowest BCUT2D eigenvalue weighted by Crippen LogP contribution is -2.14. The molecule has 0 aliphatic rings. The molecule has 0 saturated heterocycles. The number of carbonyl (C=O) groups is 1. The van der Waals surface area contributed by atoms with Crippen LogP contribution in [0.2, 0.25) is 0 Å². The molecule has 0 amide bonds. The zero-order valence-corrected chi connectivity index (χ0v) is 8.71. The summed E-state index contributed by atoms with van der Waals surface area (Å²) in [5.74, 6) is -0.814. The van der Waals surface area contributed by atoms with E-state index in [1.165, 1.54) is 0 Å². The third kappa shape index (κ3) is 3.17. The maximum Gasteiger partial charge on any atom is 0.418 e. The third-order valence-corrected chi connectivity index (χ3v) is 1.97. The normalized spacial score (nSPS) is 10.8. The largest absolute Gasteiger partial charge is 0.469 e. The summed E-state index contributed by atoms with van der Waals surface area (Å²) in [6, 6.07) is 2.54. The van der Waals surface area contributed by atoms with Gasteiger partial charge in [-0.3, -0.25) is 4.79 Å². The highest BCUT2D eigenvalue weighted by molar-refractivity contribution is 5.73. The first-order valence-electron chi connectivity index (χ1n) is 4.41. The first-order chi connectivity index (χ1) is 7.88. The fourth-order valence-electron chi connectivity index (χ4n) is 1.19. The quantitative estimate of drug-likeness (QED) is 0.742. The van der Waals surface area contributed by atoms with Crippen molar-refractivity contribution in [1.29, 1.82) is 5.26 Å². The average molecular weight is 244 g/mol. The molecule has 1 aromatic rings. The summed E-state index contributed by atoms with van der Waals surface area (Å²) in [7, 11) is 1.07. The molecule has 0 aromatic carbocycles. The van der Waals surface area contributed by atoms with Crippen molar-refractivity contribution >= 4 is 5.97 Å². The summed E-state index contributed by atoms with van der Waals surface area (Å²) in [5, 5.41) is 8.54. The number of hydrogen-bond acceptors (Lipinski definition) is 4. The molecular formula is C10H7F3N2O2. The number of esters is 1. The van der Waals surface area contributed by atoms with Crippen molar-refractivity contribution in [1.82, 2.24) is 4.98 Å². The molecule has 0 unspecified atom stereocenters. The van der Waals surface area contributed by atoms with E-state index in [0.717, 1.165) is 13.2 Å². The molecule has 90 valence electrons. The van der Waals surface area contributed by atoms with Gasteiger partial charge in [0.05, 0.1) is 19.1 Å². The zero-order valence-electron chi connectivity index (χ0n) is 8.71. The van der Waals surface area contributed by atoms with Crippen LogP contribution in [-0.4, -0.2) is 18.1 Å². The highest BCUT2D eigenvalue weighted by atomic mass is 19.4. The Bertz CT molecular complexity index is 477. The van der Waals surface area contributed by atoms with Gasteiger partial charge in [-0.25, -0.2) is 4.98 Å². The lowest BCUT2D eigenvalue weighted by Gasteiger charge is -2.11. The van der Waals surface area contributed by atoms with Crippen LogP contribution >= 0.6 is 0 Å². The number of halogens is 3.